The maximum Gasteiger partial charge on any atom is 0.290 e. The summed E-state index contributed by atoms with van der Waals surface area (Å²) in [5.74, 6) is -3.04. The number of pyridine rings is 1. The highest BCUT2D eigenvalue weighted by molar-refractivity contribution is 6.30. The predicted molar refractivity (Wildman–Crippen MR) is 140 cm³/mol. The van der Waals surface area contributed by atoms with E-state index in [9.17, 15) is 23.5 Å². The fraction of sp³-hybridized carbons (Fsp3) is 0.296. The number of carbonyl (C=O) groups is 1. The summed E-state index contributed by atoms with van der Waals surface area (Å²) in [7, 11) is 1.67. The lowest BCUT2D eigenvalue weighted by molar-refractivity contribution is 0.0783. The van der Waals surface area contributed by atoms with Gasteiger partial charge in [0, 0.05) is 50.2 Å². The van der Waals surface area contributed by atoms with Gasteiger partial charge in [0.05, 0.1) is 11.1 Å². The van der Waals surface area contributed by atoms with Gasteiger partial charge in [-0.25, -0.2) is 8.78 Å². The highest BCUT2D eigenvalue weighted by atomic mass is 35.5. The number of carbonyl (C=O) groups excluding carboxylic acids is 1. The van der Waals surface area contributed by atoms with Crippen molar-refractivity contribution in [1.29, 1.82) is 0 Å². The first kappa shape index (κ1) is 26.5. The van der Waals surface area contributed by atoms with Crippen LogP contribution in [0.25, 0.3) is 11.5 Å². The Morgan fingerprint density at radius 3 is 2.56 bits per heavy atom. The quantitative estimate of drug-likeness (QED) is 0.381. The number of aromatic hydroxyl groups is 1. The number of amides is 1. The van der Waals surface area contributed by atoms with Crippen LogP contribution in [0.4, 0.5) is 8.78 Å². The summed E-state index contributed by atoms with van der Waals surface area (Å²) < 4.78 is 31.1. The van der Waals surface area contributed by atoms with E-state index in [0.717, 1.165) is 23.9 Å². The van der Waals surface area contributed by atoms with Gasteiger partial charge in [0.1, 0.15) is 17.3 Å². The molecular formula is C27H25ClF2N6O3. The molecule has 0 saturated carbocycles. The third-order valence-corrected chi connectivity index (χ3v) is 7.09. The number of aryl methyl sites for hydroxylation is 1. The number of likely N-dealkylation sites (tertiary alicyclic amines) is 1. The van der Waals surface area contributed by atoms with Crippen LogP contribution in [0.2, 0.25) is 5.02 Å². The maximum absolute atomic E-state index is 14.2. The van der Waals surface area contributed by atoms with E-state index in [0.29, 0.717) is 18.0 Å². The van der Waals surface area contributed by atoms with Crippen molar-refractivity contribution < 1.29 is 18.7 Å². The molecule has 1 aliphatic heterocycles. The normalized spacial score (nSPS) is 16.0. The molecule has 1 fully saturated rings. The van der Waals surface area contributed by atoms with Gasteiger partial charge in [-0.05, 0) is 48.7 Å². The highest BCUT2D eigenvalue weighted by Crippen LogP contribution is 2.34. The molecule has 1 N–H and O–H groups in total. The molecule has 0 bridgehead atoms. The molecule has 2 atom stereocenters. The Hall–Kier alpha value is -4.12. The van der Waals surface area contributed by atoms with Crippen molar-refractivity contribution >= 4 is 17.5 Å². The summed E-state index contributed by atoms with van der Waals surface area (Å²) >= 11 is 5.94. The molecule has 0 spiro atoms. The van der Waals surface area contributed by atoms with Gasteiger partial charge in [-0.1, -0.05) is 18.5 Å². The van der Waals surface area contributed by atoms with Crippen molar-refractivity contribution in [3.63, 3.8) is 0 Å². The average Bonchev–Trinajstić information content (AvgIpc) is 3.55. The van der Waals surface area contributed by atoms with Gasteiger partial charge in [0.2, 0.25) is 5.88 Å². The van der Waals surface area contributed by atoms with Crippen LogP contribution in [0.15, 0.2) is 53.6 Å². The summed E-state index contributed by atoms with van der Waals surface area (Å²) in [6.07, 6.45) is 4.02. The molecule has 1 unspecified atom stereocenters. The van der Waals surface area contributed by atoms with Crippen molar-refractivity contribution in [2.75, 3.05) is 13.1 Å². The molecule has 3 aromatic heterocycles. The molecule has 39 heavy (non-hydrogen) atoms. The van der Waals surface area contributed by atoms with E-state index in [2.05, 4.69) is 15.1 Å². The van der Waals surface area contributed by atoms with Crippen molar-refractivity contribution in [1.82, 2.24) is 29.2 Å². The first-order valence-corrected chi connectivity index (χ1v) is 12.8. The topological polar surface area (TPSA) is 106 Å². The van der Waals surface area contributed by atoms with Crippen LogP contribution in [0.1, 0.15) is 53.3 Å². The van der Waals surface area contributed by atoms with Gasteiger partial charge >= 0.3 is 0 Å². The Bertz CT molecular complexity index is 1580. The molecule has 1 aromatic carbocycles. The molecule has 12 heteroatoms. The van der Waals surface area contributed by atoms with Gasteiger partial charge in [-0.2, -0.15) is 10.1 Å². The number of hydrogen-bond donors (Lipinski definition) is 1. The first-order valence-electron chi connectivity index (χ1n) is 12.4. The van der Waals surface area contributed by atoms with Crippen molar-refractivity contribution in [2.24, 2.45) is 7.05 Å². The molecule has 4 aromatic rings. The lowest BCUT2D eigenvalue weighted by atomic mass is 10.0. The third-order valence-electron chi connectivity index (χ3n) is 6.87. The molecule has 9 nitrogen and oxygen atoms in total. The van der Waals surface area contributed by atoms with Crippen molar-refractivity contribution in [3.8, 4) is 17.4 Å². The Balaban J connectivity index is 1.60. The molecule has 5 rings (SSSR count). The zero-order chi connectivity index (χ0) is 27.8. The van der Waals surface area contributed by atoms with Gasteiger partial charge in [-0.3, -0.25) is 23.8 Å². The SMILES string of the molecule is CC[C@@H](c1cc(F)cc(F)c1)n1c(-c2ccn(C)n2)nc(=O)c(C(=O)N2CCC(c3ccc(Cl)cn3)C2)c1O. The minimum absolute atomic E-state index is 0.0316. The highest BCUT2D eigenvalue weighted by Gasteiger charge is 2.34. The van der Waals surface area contributed by atoms with Crippen LogP contribution >= 0.6 is 11.6 Å². The standard InChI is InChI=1S/C27H25ClF2N6O3/c1-3-22(16-10-18(29)12-19(30)11-16)36-24(21-7-8-34(2)33-21)32-25(37)23(27(36)39)26(38)35-9-6-15(14-35)20-5-4-17(28)13-31-20/h4-5,7-8,10-13,15,22,39H,3,6,9,14H2,1-2H3/t15?,22-/m0/s1. The van der Waals surface area contributed by atoms with E-state index >= 15 is 0 Å². The number of halogens is 3. The summed E-state index contributed by atoms with van der Waals surface area (Å²) in [5.41, 5.74) is -0.243. The summed E-state index contributed by atoms with van der Waals surface area (Å²) in [5, 5.41) is 16.3. The second-order valence-electron chi connectivity index (χ2n) is 9.45. The van der Waals surface area contributed by atoms with Crippen molar-refractivity contribution in [3.05, 3.63) is 92.6 Å². The van der Waals surface area contributed by atoms with Crippen LogP contribution < -0.4 is 5.56 Å². The molecule has 4 heterocycles. The fourth-order valence-corrected chi connectivity index (χ4v) is 5.14. The van der Waals surface area contributed by atoms with E-state index in [-0.39, 0.29) is 36.0 Å². The molecule has 202 valence electrons. The van der Waals surface area contributed by atoms with E-state index in [1.807, 2.05) is 0 Å². The largest absolute Gasteiger partial charge is 0.494 e. The Morgan fingerprint density at radius 2 is 1.95 bits per heavy atom. The smallest absolute Gasteiger partial charge is 0.290 e. The third kappa shape index (κ3) is 5.14. The minimum Gasteiger partial charge on any atom is -0.494 e. The summed E-state index contributed by atoms with van der Waals surface area (Å²) in [6.45, 7) is 2.36. The van der Waals surface area contributed by atoms with Gasteiger partial charge in [0.15, 0.2) is 11.4 Å². The zero-order valence-electron chi connectivity index (χ0n) is 21.2. The lowest BCUT2D eigenvalue weighted by Crippen LogP contribution is -2.35. The number of benzene rings is 1. The van der Waals surface area contributed by atoms with E-state index < -0.39 is 40.6 Å². The van der Waals surface area contributed by atoms with E-state index in [1.165, 1.54) is 20.3 Å². The zero-order valence-corrected chi connectivity index (χ0v) is 21.9. The summed E-state index contributed by atoms with van der Waals surface area (Å²) in [6, 6.07) is 7.26. The Labute approximate surface area is 227 Å². The van der Waals surface area contributed by atoms with Gasteiger partial charge in [-0.15, -0.1) is 0 Å². The molecule has 1 amide bonds. The first-order chi connectivity index (χ1) is 18.7. The van der Waals surface area contributed by atoms with Crippen LogP contribution in [-0.4, -0.2) is 53.3 Å². The second-order valence-corrected chi connectivity index (χ2v) is 9.89. The van der Waals surface area contributed by atoms with Gasteiger partial charge in [0.25, 0.3) is 11.5 Å². The minimum atomic E-state index is -0.928. The van der Waals surface area contributed by atoms with Crippen LogP contribution in [0, 0.1) is 11.6 Å². The van der Waals surface area contributed by atoms with Crippen molar-refractivity contribution in [2.45, 2.75) is 31.7 Å². The fourth-order valence-electron chi connectivity index (χ4n) is 5.03. The number of aromatic nitrogens is 5. The Morgan fingerprint density at radius 1 is 1.21 bits per heavy atom. The van der Waals surface area contributed by atoms with Crippen LogP contribution in [-0.2, 0) is 7.05 Å². The molecule has 0 radical (unpaired) electrons. The van der Waals surface area contributed by atoms with E-state index in [1.54, 1.807) is 38.4 Å². The second kappa shape index (κ2) is 10.6. The molecule has 1 saturated heterocycles. The molecular weight excluding hydrogens is 530 g/mol. The predicted octanol–water partition coefficient (Wildman–Crippen LogP) is 4.31. The van der Waals surface area contributed by atoms with Gasteiger partial charge < -0.3 is 10.0 Å². The van der Waals surface area contributed by atoms with E-state index in [4.69, 9.17) is 11.6 Å². The molecule has 0 aliphatic carbocycles. The monoisotopic (exact) mass is 554 g/mol. The van der Waals surface area contributed by atoms with Crippen LogP contribution in [0.5, 0.6) is 5.88 Å². The Kier molecular flexibility index (Phi) is 7.17. The lowest BCUT2D eigenvalue weighted by Gasteiger charge is -2.25. The molecule has 1 aliphatic rings. The average molecular weight is 555 g/mol. The number of hydrogen-bond acceptors (Lipinski definition) is 6. The summed E-state index contributed by atoms with van der Waals surface area (Å²) in [4.78, 5) is 36.8. The number of nitrogens with zero attached hydrogens (tertiary/aromatic N) is 6. The number of rotatable bonds is 6. The maximum atomic E-state index is 14.2. The van der Waals surface area contributed by atoms with Crippen LogP contribution in [0.3, 0.4) is 0 Å².